The number of halogens is 1. The van der Waals surface area contributed by atoms with Crippen LogP contribution in [0.3, 0.4) is 0 Å². The summed E-state index contributed by atoms with van der Waals surface area (Å²) in [6.45, 7) is 0. The summed E-state index contributed by atoms with van der Waals surface area (Å²) in [5, 5.41) is 20.4. The third kappa shape index (κ3) is 4.56. The first-order chi connectivity index (χ1) is 18.0. The molecule has 2 atom stereocenters. The van der Waals surface area contributed by atoms with Crippen molar-refractivity contribution in [3.63, 3.8) is 0 Å². The third-order valence-electron chi connectivity index (χ3n) is 6.78. The van der Waals surface area contributed by atoms with Crippen molar-refractivity contribution in [2.75, 3.05) is 0 Å². The summed E-state index contributed by atoms with van der Waals surface area (Å²) in [5.74, 6) is -0.493. The van der Waals surface area contributed by atoms with Gasteiger partial charge in [-0.15, -0.1) is 11.3 Å². The van der Waals surface area contributed by atoms with Gasteiger partial charge in [-0.3, -0.25) is 9.48 Å². The molecule has 37 heavy (non-hydrogen) atoms. The van der Waals surface area contributed by atoms with Crippen molar-refractivity contribution in [3.05, 3.63) is 71.6 Å². The summed E-state index contributed by atoms with van der Waals surface area (Å²) in [6, 6.07) is 13.6. The number of nitrogens with one attached hydrogen (secondary N) is 1. The number of aromatic nitrogens is 3. The molecule has 0 aliphatic heterocycles. The molecule has 3 aromatic heterocycles. The summed E-state index contributed by atoms with van der Waals surface area (Å²) in [5.41, 5.74) is 3.19. The predicted octanol–water partition coefficient (Wildman–Crippen LogP) is 5.81. The fourth-order valence-corrected chi connectivity index (χ4v) is 5.71. The first-order valence-corrected chi connectivity index (χ1v) is 13.1. The molecule has 1 amide bonds. The lowest BCUT2D eigenvalue weighted by atomic mass is 9.92. The average molecular weight is 517 g/mol. The van der Waals surface area contributed by atoms with E-state index in [4.69, 9.17) is 4.74 Å². The maximum atomic E-state index is 15.3. The number of ether oxygens (including phenoxy) is 1. The molecular weight excluding hydrogens is 491 g/mol. The Hall–Kier alpha value is -3.82. The monoisotopic (exact) mass is 516 g/mol. The second-order valence-corrected chi connectivity index (χ2v) is 10.3. The lowest BCUT2D eigenvalue weighted by Crippen LogP contribution is -2.45. The summed E-state index contributed by atoms with van der Waals surface area (Å²) in [4.78, 5) is 17.5. The van der Waals surface area contributed by atoms with E-state index in [1.165, 1.54) is 23.5 Å². The van der Waals surface area contributed by atoms with Crippen LogP contribution in [-0.2, 0) is 7.05 Å². The van der Waals surface area contributed by atoms with Crippen LogP contribution in [0.1, 0.15) is 36.2 Å². The Morgan fingerprint density at radius 2 is 2.00 bits per heavy atom. The van der Waals surface area contributed by atoms with Crippen LogP contribution in [0.15, 0.2) is 60.1 Å². The summed E-state index contributed by atoms with van der Waals surface area (Å²) < 4.78 is 23.8. The summed E-state index contributed by atoms with van der Waals surface area (Å²) >= 11 is 1.41. The molecule has 1 saturated carbocycles. The van der Waals surface area contributed by atoms with E-state index < -0.39 is 11.9 Å². The Balaban J connectivity index is 1.30. The lowest BCUT2D eigenvalue weighted by Gasteiger charge is -2.28. The van der Waals surface area contributed by atoms with E-state index in [-0.39, 0.29) is 23.4 Å². The Morgan fingerprint density at radius 3 is 2.84 bits per heavy atom. The fourth-order valence-electron chi connectivity index (χ4n) is 4.92. The van der Waals surface area contributed by atoms with Crippen molar-refractivity contribution >= 4 is 38.4 Å². The standard InChI is InChI=1S/C28H25FN4O3S/c1-33-15-18-17(5-4-7-20(18)32-33)16-9-10-25(19(29)13-16)36-26-14-23(30-22-11-12-37-27(22)26)28(35)31-21-6-2-3-8-24(21)34/h4-5,7,9-15,21,24,34H,2-3,6,8H2,1H3,(H,31,35)/t21-,24-/m0/s1. The van der Waals surface area contributed by atoms with Gasteiger partial charge in [-0.25, -0.2) is 9.37 Å². The second-order valence-electron chi connectivity index (χ2n) is 9.36. The number of nitrogens with zero attached hydrogens (tertiary/aromatic N) is 3. The van der Waals surface area contributed by atoms with E-state index in [1.807, 2.05) is 42.9 Å². The molecule has 0 radical (unpaired) electrons. The van der Waals surface area contributed by atoms with Crippen molar-refractivity contribution in [1.82, 2.24) is 20.1 Å². The van der Waals surface area contributed by atoms with Gasteiger partial charge < -0.3 is 15.2 Å². The molecule has 3 heterocycles. The number of aliphatic hydroxyl groups is 1. The van der Waals surface area contributed by atoms with Crippen LogP contribution in [0, 0.1) is 5.82 Å². The molecule has 188 valence electrons. The number of carbonyl (C=O) groups excluding carboxylic acids is 1. The van der Waals surface area contributed by atoms with Crippen LogP contribution in [-0.4, -0.2) is 37.9 Å². The highest BCUT2D eigenvalue weighted by Crippen LogP contribution is 2.37. The van der Waals surface area contributed by atoms with E-state index in [0.717, 1.165) is 40.4 Å². The van der Waals surface area contributed by atoms with Crippen LogP contribution in [0.25, 0.3) is 32.2 Å². The zero-order valence-electron chi connectivity index (χ0n) is 20.1. The van der Waals surface area contributed by atoms with Gasteiger partial charge in [0.2, 0.25) is 0 Å². The number of hydrogen-bond donors (Lipinski definition) is 2. The first kappa shape index (κ1) is 23.6. The molecule has 0 unspecified atom stereocenters. The van der Waals surface area contributed by atoms with Gasteiger partial charge in [0.15, 0.2) is 11.6 Å². The number of rotatable bonds is 5. The second kappa shape index (κ2) is 9.57. The van der Waals surface area contributed by atoms with Gasteiger partial charge in [0.05, 0.1) is 27.9 Å². The van der Waals surface area contributed by atoms with Gasteiger partial charge in [-0.2, -0.15) is 5.10 Å². The minimum absolute atomic E-state index is 0.0528. The molecule has 1 aliphatic carbocycles. The SMILES string of the molecule is Cn1cc2c(-c3ccc(Oc4cc(C(=O)N[C@H]5CCCC[C@@H]5O)nc5ccsc45)c(F)c3)cccc2n1. The average Bonchev–Trinajstić information content (AvgIpc) is 3.52. The van der Waals surface area contributed by atoms with Crippen LogP contribution in [0.5, 0.6) is 11.5 Å². The largest absolute Gasteiger partial charge is 0.453 e. The molecule has 0 saturated heterocycles. The fraction of sp³-hybridized carbons (Fsp3) is 0.250. The van der Waals surface area contributed by atoms with Gasteiger partial charge in [0.1, 0.15) is 11.4 Å². The molecular formula is C28H25FN4O3S. The van der Waals surface area contributed by atoms with E-state index in [1.54, 1.807) is 16.8 Å². The molecule has 7 nitrogen and oxygen atoms in total. The summed E-state index contributed by atoms with van der Waals surface area (Å²) in [7, 11) is 1.85. The van der Waals surface area contributed by atoms with Gasteiger partial charge in [0.25, 0.3) is 5.91 Å². The Bertz CT molecular complexity index is 1630. The van der Waals surface area contributed by atoms with E-state index in [0.29, 0.717) is 23.3 Å². The quantitative estimate of drug-likeness (QED) is 0.308. The van der Waals surface area contributed by atoms with Crippen molar-refractivity contribution < 1.29 is 19.0 Å². The molecule has 1 fully saturated rings. The van der Waals surface area contributed by atoms with Gasteiger partial charge >= 0.3 is 0 Å². The number of aryl methyl sites for hydroxylation is 1. The minimum Gasteiger partial charge on any atom is -0.453 e. The molecule has 9 heteroatoms. The van der Waals surface area contributed by atoms with Crippen molar-refractivity contribution in [1.29, 1.82) is 0 Å². The zero-order valence-corrected chi connectivity index (χ0v) is 21.0. The first-order valence-electron chi connectivity index (χ1n) is 12.2. The van der Waals surface area contributed by atoms with Crippen molar-refractivity contribution in [2.24, 2.45) is 7.05 Å². The highest BCUT2D eigenvalue weighted by molar-refractivity contribution is 7.17. The van der Waals surface area contributed by atoms with Gasteiger partial charge in [0, 0.05) is 24.7 Å². The highest BCUT2D eigenvalue weighted by atomic mass is 32.1. The topological polar surface area (TPSA) is 89.3 Å². The molecule has 0 spiro atoms. The highest BCUT2D eigenvalue weighted by Gasteiger charge is 2.26. The van der Waals surface area contributed by atoms with Gasteiger partial charge in [-0.05, 0) is 53.6 Å². The van der Waals surface area contributed by atoms with Crippen molar-refractivity contribution in [2.45, 2.75) is 37.8 Å². The van der Waals surface area contributed by atoms with Gasteiger partial charge in [-0.1, -0.05) is 31.0 Å². The number of carbonyl (C=O) groups is 1. The van der Waals surface area contributed by atoms with Crippen LogP contribution in [0.4, 0.5) is 4.39 Å². The van der Waals surface area contributed by atoms with E-state index >= 15 is 4.39 Å². The van der Waals surface area contributed by atoms with Crippen LogP contribution < -0.4 is 10.1 Å². The molecule has 6 rings (SSSR count). The lowest BCUT2D eigenvalue weighted by molar-refractivity contribution is 0.0714. The number of pyridine rings is 1. The third-order valence-corrected chi connectivity index (χ3v) is 7.70. The maximum absolute atomic E-state index is 15.3. The number of thiophene rings is 1. The molecule has 5 aromatic rings. The maximum Gasteiger partial charge on any atom is 0.270 e. The molecule has 2 aromatic carbocycles. The predicted molar refractivity (Wildman–Crippen MR) is 142 cm³/mol. The zero-order chi connectivity index (χ0) is 25.5. The van der Waals surface area contributed by atoms with Crippen LogP contribution in [0.2, 0.25) is 0 Å². The Labute approximate surface area is 216 Å². The number of hydrogen-bond acceptors (Lipinski definition) is 6. The smallest absolute Gasteiger partial charge is 0.270 e. The number of amides is 1. The number of fused-ring (bicyclic) bond motifs is 2. The normalized spacial score (nSPS) is 17.8. The van der Waals surface area contributed by atoms with E-state index in [2.05, 4.69) is 15.4 Å². The Morgan fingerprint density at radius 1 is 1.14 bits per heavy atom. The van der Waals surface area contributed by atoms with E-state index in [9.17, 15) is 9.90 Å². The molecule has 1 aliphatic rings. The molecule has 0 bridgehead atoms. The minimum atomic E-state index is -0.566. The Kier molecular flexibility index (Phi) is 6.10. The number of aliphatic hydroxyl groups excluding tert-OH is 1. The van der Waals surface area contributed by atoms with Crippen LogP contribution >= 0.6 is 11.3 Å². The molecule has 2 N–H and O–H groups in total. The number of benzene rings is 2. The van der Waals surface area contributed by atoms with Crippen molar-refractivity contribution in [3.8, 4) is 22.6 Å². The summed E-state index contributed by atoms with van der Waals surface area (Å²) in [6.07, 6.45) is 4.64.